The molecule has 0 amide bonds. The molecule has 0 bridgehead atoms. The Balaban J connectivity index is 2.77. The molecule has 0 aliphatic carbocycles. The van der Waals surface area contributed by atoms with Crippen molar-refractivity contribution in [2.45, 2.75) is 58.9 Å². The van der Waals surface area contributed by atoms with E-state index in [-0.39, 0.29) is 5.38 Å². The first-order valence-corrected chi connectivity index (χ1v) is 7.93. The molecule has 2 aromatic heterocycles. The van der Waals surface area contributed by atoms with Crippen molar-refractivity contribution >= 4 is 22.8 Å². The molecule has 2 atom stereocenters. The molecule has 0 N–H and O–H groups in total. The van der Waals surface area contributed by atoms with Gasteiger partial charge in [-0.05, 0) is 25.7 Å². The van der Waals surface area contributed by atoms with Crippen LogP contribution in [0.25, 0.3) is 11.2 Å². The third-order valence-electron chi connectivity index (χ3n) is 3.97. The Morgan fingerprint density at radius 3 is 2.30 bits per heavy atom. The van der Waals surface area contributed by atoms with E-state index in [0.717, 1.165) is 35.5 Å². The van der Waals surface area contributed by atoms with E-state index < -0.39 is 0 Å². The molecular weight excluding hydrogens is 272 g/mol. The summed E-state index contributed by atoms with van der Waals surface area (Å²) in [5.41, 5.74) is 3.17. The van der Waals surface area contributed by atoms with Crippen molar-refractivity contribution in [2.75, 3.05) is 0 Å². The average Bonchev–Trinajstić information content (AvgIpc) is 2.89. The predicted octanol–water partition coefficient (Wildman–Crippen LogP) is 4.24. The number of hydrogen-bond donors (Lipinski definition) is 0. The van der Waals surface area contributed by atoms with Gasteiger partial charge in [0.15, 0.2) is 5.65 Å². The molecule has 0 radical (unpaired) electrons. The molecule has 0 saturated carbocycles. The Labute approximate surface area is 126 Å². The normalized spacial score (nSPS) is 15.2. The van der Waals surface area contributed by atoms with Gasteiger partial charge in [-0.25, -0.2) is 4.98 Å². The number of aromatic nitrogens is 4. The Morgan fingerprint density at radius 1 is 1.20 bits per heavy atom. The molecule has 112 valence electrons. The minimum atomic E-state index is -0.0973. The van der Waals surface area contributed by atoms with E-state index in [9.17, 15) is 0 Å². The quantitative estimate of drug-likeness (QED) is 0.774. The van der Waals surface area contributed by atoms with Gasteiger partial charge in [-0.3, -0.25) is 4.68 Å². The first-order chi connectivity index (χ1) is 9.42. The largest absolute Gasteiger partial charge is 0.308 e. The first kappa shape index (κ1) is 15.4. The van der Waals surface area contributed by atoms with Gasteiger partial charge in [0.2, 0.25) is 0 Å². The van der Waals surface area contributed by atoms with Crippen LogP contribution < -0.4 is 0 Å². The highest BCUT2D eigenvalue weighted by molar-refractivity contribution is 6.20. The zero-order valence-corrected chi connectivity index (χ0v) is 14.1. The van der Waals surface area contributed by atoms with Crippen LogP contribution in [0.3, 0.4) is 0 Å². The smallest absolute Gasteiger partial charge is 0.158 e. The van der Waals surface area contributed by atoms with Crippen molar-refractivity contribution in [2.24, 2.45) is 13.0 Å². The van der Waals surface area contributed by atoms with Gasteiger partial charge in [0.1, 0.15) is 11.3 Å². The molecule has 2 heterocycles. The summed E-state index contributed by atoms with van der Waals surface area (Å²) in [4.78, 5) is 4.80. The lowest BCUT2D eigenvalue weighted by molar-refractivity contribution is 0.360. The summed E-state index contributed by atoms with van der Waals surface area (Å²) in [7, 11) is 2.00. The minimum Gasteiger partial charge on any atom is -0.308 e. The van der Waals surface area contributed by atoms with Crippen molar-refractivity contribution in [3.05, 3.63) is 11.5 Å². The number of aryl methyl sites for hydroxylation is 2. The summed E-state index contributed by atoms with van der Waals surface area (Å²) in [6.45, 7) is 10.8. The van der Waals surface area contributed by atoms with Crippen LogP contribution in [0.2, 0.25) is 0 Å². The molecule has 0 saturated heterocycles. The summed E-state index contributed by atoms with van der Waals surface area (Å²) in [5.74, 6) is 1.50. The molecule has 0 aliphatic heterocycles. The standard InChI is InChI=1S/C15H25ClN4/c1-7-11-13-15(19(6)18-11)20(12(8-2)9(3)4)14(17-13)10(5)16/h9-10,12H,7-8H2,1-6H3. The molecule has 0 spiro atoms. The highest BCUT2D eigenvalue weighted by atomic mass is 35.5. The fourth-order valence-corrected chi connectivity index (χ4v) is 3.17. The van der Waals surface area contributed by atoms with Gasteiger partial charge in [0.05, 0.1) is 11.1 Å². The molecule has 0 aromatic carbocycles. The number of rotatable bonds is 5. The summed E-state index contributed by atoms with van der Waals surface area (Å²) in [5, 5.41) is 4.50. The number of halogens is 1. The zero-order valence-electron chi connectivity index (χ0n) is 13.3. The van der Waals surface area contributed by atoms with Crippen molar-refractivity contribution in [1.29, 1.82) is 0 Å². The Hall–Kier alpha value is -1.03. The van der Waals surface area contributed by atoms with Crippen LogP contribution in [-0.2, 0) is 13.5 Å². The molecule has 5 heteroatoms. The number of alkyl halides is 1. The van der Waals surface area contributed by atoms with E-state index in [4.69, 9.17) is 16.6 Å². The topological polar surface area (TPSA) is 35.6 Å². The van der Waals surface area contributed by atoms with E-state index >= 15 is 0 Å². The lowest BCUT2D eigenvalue weighted by Gasteiger charge is -2.24. The molecule has 0 fully saturated rings. The summed E-state index contributed by atoms with van der Waals surface area (Å²) >= 11 is 6.38. The van der Waals surface area contributed by atoms with Crippen molar-refractivity contribution < 1.29 is 0 Å². The second kappa shape index (κ2) is 5.76. The number of nitrogens with zero attached hydrogens (tertiary/aromatic N) is 4. The summed E-state index contributed by atoms with van der Waals surface area (Å²) in [6, 6.07) is 0.399. The first-order valence-electron chi connectivity index (χ1n) is 7.50. The maximum Gasteiger partial charge on any atom is 0.158 e. The molecule has 4 nitrogen and oxygen atoms in total. The van der Waals surface area contributed by atoms with Gasteiger partial charge in [-0.2, -0.15) is 5.10 Å². The SMILES string of the molecule is CCc1nn(C)c2c1nc(C(C)Cl)n2C(CC)C(C)C. The fourth-order valence-electron chi connectivity index (χ4n) is 3.02. The third kappa shape index (κ3) is 2.34. The maximum atomic E-state index is 6.38. The van der Waals surface area contributed by atoms with Crippen LogP contribution in [-0.4, -0.2) is 19.3 Å². The van der Waals surface area contributed by atoms with E-state index in [1.165, 1.54) is 0 Å². The van der Waals surface area contributed by atoms with Crippen LogP contribution in [0, 0.1) is 5.92 Å². The average molecular weight is 297 g/mol. The van der Waals surface area contributed by atoms with Gasteiger partial charge in [0, 0.05) is 13.1 Å². The highest BCUT2D eigenvalue weighted by Gasteiger charge is 2.26. The highest BCUT2D eigenvalue weighted by Crippen LogP contribution is 2.33. The van der Waals surface area contributed by atoms with Gasteiger partial charge < -0.3 is 4.57 Å². The summed E-state index contributed by atoms with van der Waals surface area (Å²) in [6.07, 6.45) is 1.95. The van der Waals surface area contributed by atoms with Gasteiger partial charge in [-0.15, -0.1) is 11.6 Å². The minimum absolute atomic E-state index is 0.0973. The number of hydrogen-bond acceptors (Lipinski definition) is 2. The van der Waals surface area contributed by atoms with Gasteiger partial charge >= 0.3 is 0 Å². The van der Waals surface area contributed by atoms with Crippen LogP contribution in [0.5, 0.6) is 0 Å². The number of fused-ring (bicyclic) bond motifs is 1. The molecule has 0 aliphatic rings. The predicted molar refractivity (Wildman–Crippen MR) is 84.3 cm³/mol. The van der Waals surface area contributed by atoms with Gasteiger partial charge in [0.25, 0.3) is 0 Å². The number of imidazole rings is 1. The fraction of sp³-hybridized carbons (Fsp3) is 0.733. The molecule has 2 aromatic rings. The van der Waals surface area contributed by atoms with Crippen LogP contribution in [0.15, 0.2) is 0 Å². The Bertz CT molecular complexity index is 595. The van der Waals surface area contributed by atoms with E-state index in [1.54, 1.807) is 0 Å². The second-order valence-corrected chi connectivity index (χ2v) is 6.43. The van der Waals surface area contributed by atoms with Gasteiger partial charge in [-0.1, -0.05) is 27.7 Å². The molecule has 2 unspecified atom stereocenters. The van der Waals surface area contributed by atoms with E-state index in [1.807, 2.05) is 18.7 Å². The zero-order chi connectivity index (χ0) is 15.0. The van der Waals surface area contributed by atoms with E-state index in [0.29, 0.717) is 12.0 Å². The van der Waals surface area contributed by atoms with Crippen LogP contribution in [0.4, 0.5) is 0 Å². The molecule has 2 rings (SSSR count). The lowest BCUT2D eigenvalue weighted by Crippen LogP contribution is -2.19. The third-order valence-corrected chi connectivity index (χ3v) is 4.17. The Morgan fingerprint density at radius 2 is 1.85 bits per heavy atom. The second-order valence-electron chi connectivity index (χ2n) is 5.77. The maximum absolute atomic E-state index is 6.38. The summed E-state index contributed by atoms with van der Waals surface area (Å²) < 4.78 is 4.26. The molecular formula is C15H25ClN4. The van der Waals surface area contributed by atoms with Crippen molar-refractivity contribution in [3.8, 4) is 0 Å². The monoisotopic (exact) mass is 296 g/mol. The van der Waals surface area contributed by atoms with Crippen molar-refractivity contribution in [1.82, 2.24) is 19.3 Å². The lowest BCUT2D eigenvalue weighted by atomic mass is 10.0. The molecule has 20 heavy (non-hydrogen) atoms. The van der Waals surface area contributed by atoms with Crippen molar-refractivity contribution in [3.63, 3.8) is 0 Å². The van der Waals surface area contributed by atoms with Crippen LogP contribution >= 0.6 is 11.6 Å². The van der Waals surface area contributed by atoms with Crippen LogP contribution in [0.1, 0.15) is 64.0 Å². The van der Waals surface area contributed by atoms with E-state index in [2.05, 4.69) is 37.4 Å². The Kier molecular flexibility index (Phi) is 4.43.